The highest BCUT2D eigenvalue weighted by Crippen LogP contribution is 2.26. The molecular formula is C21H25FN2O5S. The number of sulfonamides is 1. The van der Waals surface area contributed by atoms with Crippen LogP contribution in [-0.4, -0.2) is 51.5 Å². The van der Waals surface area contributed by atoms with Gasteiger partial charge in [-0.3, -0.25) is 4.79 Å². The Labute approximate surface area is 175 Å². The lowest BCUT2D eigenvalue weighted by Crippen LogP contribution is -2.40. The standard InChI is InChI=1S/C21H25FN2O5S/c1-15(2)17-5-3-4-6-19(17)29-14-21(25)23-16-7-8-18(22)20(13-16)30(26,27)24-9-11-28-12-10-24/h3-8,13,15H,9-12,14H2,1-2H3,(H,23,25). The second-order valence-corrected chi connectivity index (χ2v) is 9.10. The van der Waals surface area contributed by atoms with E-state index in [-0.39, 0.29) is 44.5 Å². The van der Waals surface area contributed by atoms with Gasteiger partial charge in [0.2, 0.25) is 10.0 Å². The van der Waals surface area contributed by atoms with Gasteiger partial charge < -0.3 is 14.8 Å². The number of halogens is 1. The zero-order valence-electron chi connectivity index (χ0n) is 16.9. The molecule has 1 saturated heterocycles. The van der Waals surface area contributed by atoms with E-state index in [1.807, 2.05) is 32.0 Å². The first-order chi connectivity index (χ1) is 14.3. The molecule has 0 unspecified atom stereocenters. The summed E-state index contributed by atoms with van der Waals surface area (Å²) >= 11 is 0. The first-order valence-corrected chi connectivity index (χ1v) is 11.1. The van der Waals surface area contributed by atoms with Crippen molar-refractivity contribution in [2.75, 3.05) is 38.2 Å². The topological polar surface area (TPSA) is 84.9 Å². The van der Waals surface area contributed by atoms with E-state index in [4.69, 9.17) is 9.47 Å². The number of benzene rings is 2. The van der Waals surface area contributed by atoms with Crippen LogP contribution in [0.25, 0.3) is 0 Å². The van der Waals surface area contributed by atoms with Gasteiger partial charge in [-0.05, 0) is 35.7 Å². The van der Waals surface area contributed by atoms with Gasteiger partial charge in [-0.15, -0.1) is 0 Å². The molecule has 1 heterocycles. The first kappa shape index (κ1) is 22.2. The van der Waals surface area contributed by atoms with E-state index in [0.717, 1.165) is 17.7 Å². The van der Waals surface area contributed by atoms with E-state index in [0.29, 0.717) is 5.75 Å². The van der Waals surface area contributed by atoms with E-state index in [2.05, 4.69) is 5.32 Å². The summed E-state index contributed by atoms with van der Waals surface area (Å²) in [6.45, 7) is 4.61. The van der Waals surface area contributed by atoms with Crippen molar-refractivity contribution >= 4 is 21.6 Å². The molecule has 9 heteroatoms. The van der Waals surface area contributed by atoms with Crippen LogP contribution in [0.2, 0.25) is 0 Å². The quantitative estimate of drug-likeness (QED) is 0.721. The van der Waals surface area contributed by atoms with Crippen LogP contribution >= 0.6 is 0 Å². The maximum atomic E-state index is 14.3. The summed E-state index contributed by atoms with van der Waals surface area (Å²) in [5.41, 5.74) is 1.15. The third kappa shape index (κ3) is 5.16. The smallest absolute Gasteiger partial charge is 0.262 e. The van der Waals surface area contributed by atoms with E-state index in [9.17, 15) is 17.6 Å². The number of hydrogen-bond donors (Lipinski definition) is 1. The Bertz CT molecular complexity index is 1000. The number of carbonyl (C=O) groups excluding carboxylic acids is 1. The summed E-state index contributed by atoms with van der Waals surface area (Å²) in [5.74, 6) is -0.511. The molecule has 30 heavy (non-hydrogen) atoms. The Hall–Kier alpha value is -2.49. The summed E-state index contributed by atoms with van der Waals surface area (Å²) in [4.78, 5) is 11.8. The Morgan fingerprint density at radius 2 is 1.90 bits per heavy atom. The minimum Gasteiger partial charge on any atom is -0.483 e. The van der Waals surface area contributed by atoms with Crippen molar-refractivity contribution in [2.45, 2.75) is 24.7 Å². The molecule has 0 atom stereocenters. The Kier molecular flexibility index (Phi) is 7.06. The third-order valence-corrected chi connectivity index (χ3v) is 6.62. The maximum Gasteiger partial charge on any atom is 0.262 e. The molecule has 0 bridgehead atoms. The van der Waals surface area contributed by atoms with E-state index >= 15 is 0 Å². The Morgan fingerprint density at radius 1 is 1.20 bits per heavy atom. The van der Waals surface area contributed by atoms with E-state index < -0.39 is 26.6 Å². The lowest BCUT2D eigenvalue weighted by atomic mass is 10.0. The number of ether oxygens (including phenoxy) is 2. The largest absolute Gasteiger partial charge is 0.483 e. The molecule has 0 saturated carbocycles. The fourth-order valence-electron chi connectivity index (χ4n) is 3.13. The van der Waals surface area contributed by atoms with Crippen molar-refractivity contribution in [3.63, 3.8) is 0 Å². The fourth-order valence-corrected chi connectivity index (χ4v) is 4.63. The predicted octanol–water partition coefficient (Wildman–Crippen LogP) is 2.99. The average Bonchev–Trinajstić information content (AvgIpc) is 2.74. The van der Waals surface area contributed by atoms with Gasteiger partial charge in [-0.1, -0.05) is 32.0 Å². The number of hydrogen-bond acceptors (Lipinski definition) is 5. The van der Waals surface area contributed by atoms with Crippen molar-refractivity contribution < 1.29 is 27.1 Å². The maximum absolute atomic E-state index is 14.3. The third-order valence-electron chi connectivity index (χ3n) is 4.70. The minimum atomic E-state index is -4.03. The van der Waals surface area contributed by atoms with Gasteiger partial charge in [0.1, 0.15) is 16.5 Å². The van der Waals surface area contributed by atoms with Crippen LogP contribution in [0.4, 0.5) is 10.1 Å². The van der Waals surface area contributed by atoms with Crippen LogP contribution < -0.4 is 10.1 Å². The summed E-state index contributed by atoms with van der Waals surface area (Å²) in [6.07, 6.45) is 0. The van der Waals surface area contributed by atoms with Gasteiger partial charge in [0.25, 0.3) is 5.91 Å². The number of carbonyl (C=O) groups is 1. The van der Waals surface area contributed by atoms with Gasteiger partial charge in [-0.2, -0.15) is 4.31 Å². The molecule has 1 N–H and O–H groups in total. The molecule has 2 aromatic rings. The normalized spacial score (nSPS) is 15.2. The molecule has 1 aliphatic rings. The zero-order chi connectivity index (χ0) is 21.7. The number of amides is 1. The van der Waals surface area contributed by atoms with Gasteiger partial charge >= 0.3 is 0 Å². The molecule has 1 aliphatic heterocycles. The van der Waals surface area contributed by atoms with Crippen LogP contribution in [0.3, 0.4) is 0 Å². The lowest BCUT2D eigenvalue weighted by molar-refractivity contribution is -0.118. The number of para-hydroxylation sites is 1. The lowest BCUT2D eigenvalue weighted by Gasteiger charge is -2.26. The first-order valence-electron chi connectivity index (χ1n) is 9.68. The van der Waals surface area contributed by atoms with Crippen LogP contribution in [-0.2, 0) is 19.6 Å². The minimum absolute atomic E-state index is 0.154. The molecule has 162 valence electrons. The molecule has 0 aromatic heterocycles. The summed E-state index contributed by atoms with van der Waals surface area (Å²) in [5, 5.41) is 2.57. The van der Waals surface area contributed by atoms with Crippen molar-refractivity contribution in [3.05, 3.63) is 53.8 Å². The van der Waals surface area contributed by atoms with Crippen molar-refractivity contribution in [1.82, 2.24) is 4.31 Å². The number of rotatable bonds is 7. The highest BCUT2D eigenvalue weighted by atomic mass is 32.2. The molecular weight excluding hydrogens is 411 g/mol. The van der Waals surface area contributed by atoms with Crippen LogP contribution in [0.15, 0.2) is 47.4 Å². The zero-order valence-corrected chi connectivity index (χ0v) is 17.7. The fraction of sp³-hybridized carbons (Fsp3) is 0.381. The van der Waals surface area contributed by atoms with E-state index in [1.165, 1.54) is 10.4 Å². The summed E-state index contributed by atoms with van der Waals surface area (Å²) < 4.78 is 51.7. The Morgan fingerprint density at radius 3 is 2.60 bits per heavy atom. The van der Waals surface area contributed by atoms with Gasteiger partial charge in [-0.25, -0.2) is 12.8 Å². The Balaban J connectivity index is 1.70. The highest BCUT2D eigenvalue weighted by Gasteiger charge is 2.29. The molecule has 0 aliphatic carbocycles. The molecule has 2 aromatic carbocycles. The second-order valence-electron chi connectivity index (χ2n) is 7.19. The SMILES string of the molecule is CC(C)c1ccccc1OCC(=O)Nc1ccc(F)c(S(=O)(=O)N2CCOCC2)c1. The van der Waals surface area contributed by atoms with Crippen molar-refractivity contribution in [2.24, 2.45) is 0 Å². The monoisotopic (exact) mass is 436 g/mol. The van der Waals surface area contributed by atoms with Crippen molar-refractivity contribution in [3.8, 4) is 5.75 Å². The molecule has 0 radical (unpaired) electrons. The van der Waals surface area contributed by atoms with Crippen LogP contribution in [0.5, 0.6) is 5.75 Å². The number of nitrogens with one attached hydrogen (secondary N) is 1. The summed E-state index contributed by atoms with van der Waals surface area (Å²) in [7, 11) is -4.03. The second kappa shape index (κ2) is 9.55. The average molecular weight is 437 g/mol. The number of morpholine rings is 1. The summed E-state index contributed by atoms with van der Waals surface area (Å²) in [6, 6.07) is 10.9. The van der Waals surface area contributed by atoms with Crippen molar-refractivity contribution in [1.29, 1.82) is 0 Å². The van der Waals surface area contributed by atoms with Crippen LogP contribution in [0, 0.1) is 5.82 Å². The van der Waals surface area contributed by atoms with E-state index in [1.54, 1.807) is 6.07 Å². The highest BCUT2D eigenvalue weighted by molar-refractivity contribution is 7.89. The number of anilines is 1. The molecule has 1 fully saturated rings. The molecule has 3 rings (SSSR count). The predicted molar refractivity (Wildman–Crippen MR) is 111 cm³/mol. The molecule has 7 nitrogen and oxygen atoms in total. The van der Waals surface area contributed by atoms with Gasteiger partial charge in [0.05, 0.1) is 13.2 Å². The van der Waals surface area contributed by atoms with Gasteiger partial charge in [0.15, 0.2) is 6.61 Å². The van der Waals surface area contributed by atoms with Gasteiger partial charge in [0, 0.05) is 18.8 Å². The molecule has 1 amide bonds. The van der Waals surface area contributed by atoms with Crippen LogP contribution in [0.1, 0.15) is 25.3 Å². The number of nitrogens with zero attached hydrogens (tertiary/aromatic N) is 1. The molecule has 0 spiro atoms.